The van der Waals surface area contributed by atoms with Crippen molar-refractivity contribution in [2.45, 2.75) is 24.8 Å². The smallest absolute Gasteiger partial charge is 0.258 e. The van der Waals surface area contributed by atoms with E-state index in [2.05, 4.69) is 10.0 Å². The summed E-state index contributed by atoms with van der Waals surface area (Å²) < 4.78 is 31.8. The van der Waals surface area contributed by atoms with Gasteiger partial charge in [0.05, 0.1) is 4.90 Å². The molecule has 2 aromatic carbocycles. The van der Waals surface area contributed by atoms with Gasteiger partial charge in [-0.25, -0.2) is 13.1 Å². The fourth-order valence-electron chi connectivity index (χ4n) is 2.03. The van der Waals surface area contributed by atoms with E-state index in [-0.39, 0.29) is 17.4 Å². The second-order valence-electron chi connectivity index (χ2n) is 5.42. The lowest BCUT2D eigenvalue weighted by Gasteiger charge is -2.09. The van der Waals surface area contributed by atoms with Gasteiger partial charge in [0.2, 0.25) is 10.0 Å². The first-order valence-electron chi connectivity index (χ1n) is 8.04. The van der Waals surface area contributed by atoms with Crippen LogP contribution in [-0.4, -0.2) is 27.5 Å². The summed E-state index contributed by atoms with van der Waals surface area (Å²) in [6.45, 7) is 2.58. The molecular formula is C18H22N2O4S. The van der Waals surface area contributed by atoms with E-state index < -0.39 is 10.0 Å². The summed E-state index contributed by atoms with van der Waals surface area (Å²) in [5.41, 5.74) is 1.00. The van der Waals surface area contributed by atoms with Crippen LogP contribution in [0.25, 0.3) is 0 Å². The SMILES string of the molecule is CCCNS(=O)(=O)c1ccc(OCC(=O)NCc2ccccc2)cc1. The van der Waals surface area contributed by atoms with E-state index in [1.54, 1.807) is 0 Å². The molecule has 0 atom stereocenters. The maximum Gasteiger partial charge on any atom is 0.258 e. The van der Waals surface area contributed by atoms with E-state index in [1.807, 2.05) is 37.3 Å². The van der Waals surface area contributed by atoms with Crippen molar-refractivity contribution in [2.24, 2.45) is 0 Å². The van der Waals surface area contributed by atoms with Crippen LogP contribution in [-0.2, 0) is 21.4 Å². The van der Waals surface area contributed by atoms with E-state index in [1.165, 1.54) is 24.3 Å². The largest absolute Gasteiger partial charge is 0.484 e. The molecule has 6 nitrogen and oxygen atoms in total. The Morgan fingerprint density at radius 2 is 1.72 bits per heavy atom. The highest BCUT2D eigenvalue weighted by Crippen LogP contribution is 2.15. The van der Waals surface area contributed by atoms with E-state index in [4.69, 9.17) is 4.74 Å². The molecule has 7 heteroatoms. The van der Waals surface area contributed by atoms with Crippen LogP contribution >= 0.6 is 0 Å². The zero-order valence-corrected chi connectivity index (χ0v) is 14.9. The molecule has 0 aliphatic rings. The normalized spacial score (nSPS) is 11.1. The molecule has 0 aliphatic carbocycles. The highest BCUT2D eigenvalue weighted by molar-refractivity contribution is 7.89. The molecule has 0 saturated heterocycles. The van der Waals surface area contributed by atoms with Crippen molar-refractivity contribution in [1.82, 2.24) is 10.0 Å². The molecule has 0 aliphatic heterocycles. The van der Waals surface area contributed by atoms with E-state index >= 15 is 0 Å². The predicted octanol–water partition coefficient (Wildman–Crippen LogP) is 2.07. The van der Waals surface area contributed by atoms with Gasteiger partial charge >= 0.3 is 0 Å². The molecular weight excluding hydrogens is 340 g/mol. The van der Waals surface area contributed by atoms with Crippen LogP contribution in [0.4, 0.5) is 0 Å². The first-order valence-corrected chi connectivity index (χ1v) is 9.53. The molecule has 1 amide bonds. The molecule has 0 aromatic heterocycles. The number of hydrogen-bond donors (Lipinski definition) is 2. The lowest BCUT2D eigenvalue weighted by Crippen LogP contribution is -2.28. The zero-order chi connectivity index (χ0) is 18.1. The van der Waals surface area contributed by atoms with Crippen LogP contribution in [0.3, 0.4) is 0 Å². The molecule has 0 fully saturated rings. The first-order chi connectivity index (χ1) is 12.0. The minimum absolute atomic E-state index is 0.132. The molecule has 2 aromatic rings. The number of carbonyl (C=O) groups excluding carboxylic acids is 1. The predicted molar refractivity (Wildman–Crippen MR) is 95.7 cm³/mol. The number of amides is 1. The Hall–Kier alpha value is -2.38. The van der Waals surface area contributed by atoms with E-state index in [0.717, 1.165) is 12.0 Å². The van der Waals surface area contributed by atoms with Gasteiger partial charge in [-0.05, 0) is 36.2 Å². The third kappa shape index (κ3) is 6.21. The third-order valence-electron chi connectivity index (χ3n) is 3.38. The third-order valence-corrected chi connectivity index (χ3v) is 4.86. The van der Waals surface area contributed by atoms with Gasteiger partial charge in [-0.1, -0.05) is 37.3 Å². The molecule has 0 bridgehead atoms. The number of ether oxygens (including phenoxy) is 1. The fourth-order valence-corrected chi connectivity index (χ4v) is 3.17. The molecule has 0 heterocycles. The summed E-state index contributed by atoms with van der Waals surface area (Å²) in [5.74, 6) is 0.189. The van der Waals surface area contributed by atoms with Gasteiger partial charge in [0, 0.05) is 13.1 Å². The molecule has 134 valence electrons. The van der Waals surface area contributed by atoms with Crippen molar-refractivity contribution in [3.8, 4) is 5.75 Å². The average Bonchev–Trinajstić information content (AvgIpc) is 2.64. The minimum Gasteiger partial charge on any atom is -0.484 e. The zero-order valence-electron chi connectivity index (χ0n) is 14.1. The molecule has 2 N–H and O–H groups in total. The van der Waals surface area contributed by atoms with Crippen molar-refractivity contribution in [2.75, 3.05) is 13.2 Å². The molecule has 0 spiro atoms. The molecule has 25 heavy (non-hydrogen) atoms. The van der Waals surface area contributed by atoms with Crippen LogP contribution in [0.15, 0.2) is 59.5 Å². The van der Waals surface area contributed by atoms with Crippen LogP contribution in [0.5, 0.6) is 5.75 Å². The Morgan fingerprint density at radius 3 is 2.36 bits per heavy atom. The van der Waals surface area contributed by atoms with E-state index in [9.17, 15) is 13.2 Å². The first kappa shape index (κ1) is 19.0. The molecule has 0 unspecified atom stereocenters. The van der Waals surface area contributed by atoms with Gasteiger partial charge in [-0.15, -0.1) is 0 Å². The number of benzene rings is 2. The Kier molecular flexibility index (Phi) is 6.97. The maximum atomic E-state index is 12.0. The summed E-state index contributed by atoms with van der Waals surface area (Å²) in [6.07, 6.45) is 0.721. The number of nitrogens with one attached hydrogen (secondary N) is 2. The quantitative estimate of drug-likeness (QED) is 0.715. The minimum atomic E-state index is -3.49. The van der Waals surface area contributed by atoms with Crippen LogP contribution in [0, 0.1) is 0 Å². The van der Waals surface area contributed by atoms with Gasteiger partial charge < -0.3 is 10.1 Å². The van der Waals surface area contributed by atoms with Crippen molar-refractivity contribution >= 4 is 15.9 Å². The van der Waals surface area contributed by atoms with Gasteiger partial charge in [0.25, 0.3) is 5.91 Å². The van der Waals surface area contributed by atoms with Crippen molar-refractivity contribution < 1.29 is 17.9 Å². The second kappa shape index (κ2) is 9.19. The fraction of sp³-hybridized carbons (Fsp3) is 0.278. The lowest BCUT2D eigenvalue weighted by molar-refractivity contribution is -0.123. The van der Waals surface area contributed by atoms with Crippen LogP contribution in [0.1, 0.15) is 18.9 Å². The maximum absolute atomic E-state index is 12.0. The standard InChI is InChI=1S/C18H22N2O4S/c1-2-12-20-25(22,23)17-10-8-16(9-11-17)24-14-18(21)19-13-15-6-4-3-5-7-15/h3-11,20H,2,12-14H2,1H3,(H,19,21). The van der Waals surface area contributed by atoms with Gasteiger partial charge in [-0.2, -0.15) is 0 Å². The van der Waals surface area contributed by atoms with Gasteiger partial charge in [0.1, 0.15) is 5.75 Å². The average molecular weight is 362 g/mol. The summed E-state index contributed by atoms with van der Waals surface area (Å²) in [6, 6.07) is 15.5. The highest BCUT2D eigenvalue weighted by atomic mass is 32.2. The Balaban J connectivity index is 1.82. The number of sulfonamides is 1. The Morgan fingerprint density at radius 1 is 1.04 bits per heavy atom. The highest BCUT2D eigenvalue weighted by Gasteiger charge is 2.12. The number of rotatable bonds is 9. The molecule has 0 radical (unpaired) electrons. The van der Waals surface area contributed by atoms with Crippen molar-refractivity contribution in [3.63, 3.8) is 0 Å². The van der Waals surface area contributed by atoms with Crippen LogP contribution < -0.4 is 14.8 Å². The van der Waals surface area contributed by atoms with Crippen molar-refractivity contribution in [3.05, 3.63) is 60.2 Å². The Labute approximate surface area is 148 Å². The number of carbonyl (C=O) groups is 1. The van der Waals surface area contributed by atoms with E-state index in [0.29, 0.717) is 18.8 Å². The molecule has 2 rings (SSSR count). The Bertz CT molecular complexity index is 774. The number of hydrogen-bond acceptors (Lipinski definition) is 4. The summed E-state index contributed by atoms with van der Waals surface area (Å²) in [5, 5.41) is 2.76. The second-order valence-corrected chi connectivity index (χ2v) is 7.19. The monoisotopic (exact) mass is 362 g/mol. The van der Waals surface area contributed by atoms with Gasteiger partial charge in [0.15, 0.2) is 6.61 Å². The summed E-state index contributed by atoms with van der Waals surface area (Å²) >= 11 is 0. The van der Waals surface area contributed by atoms with Gasteiger partial charge in [-0.3, -0.25) is 4.79 Å². The summed E-state index contributed by atoms with van der Waals surface area (Å²) in [4.78, 5) is 12.0. The molecule has 0 saturated carbocycles. The summed E-state index contributed by atoms with van der Waals surface area (Å²) in [7, 11) is -3.49. The van der Waals surface area contributed by atoms with Crippen LogP contribution in [0.2, 0.25) is 0 Å². The lowest BCUT2D eigenvalue weighted by atomic mass is 10.2. The van der Waals surface area contributed by atoms with Crippen molar-refractivity contribution in [1.29, 1.82) is 0 Å². The topological polar surface area (TPSA) is 84.5 Å².